The van der Waals surface area contributed by atoms with E-state index in [1.165, 1.54) is 49.9 Å². The third kappa shape index (κ3) is 2.23. The quantitative estimate of drug-likeness (QED) is 0.881. The molecule has 21 heavy (non-hydrogen) atoms. The number of aromatic nitrogens is 2. The van der Waals surface area contributed by atoms with Crippen molar-refractivity contribution in [2.45, 2.75) is 57.0 Å². The Labute approximate surface area is 134 Å². The second-order valence-corrected chi connectivity index (χ2v) is 7.45. The molecule has 1 saturated heterocycles. The molecule has 0 spiro atoms. The van der Waals surface area contributed by atoms with Crippen LogP contribution in [0, 0.1) is 0 Å². The van der Waals surface area contributed by atoms with Crippen LogP contribution >= 0.6 is 15.9 Å². The average molecular weight is 348 g/mol. The standard InChI is InChI=1S/C17H22BrN3/c1-2-8-17(9-3-10-19-17)16-20-14-11-12(18)4-7-15(14)21(16)13-5-6-13/h4,7,11,13,19H,2-3,5-6,8-10H2,1H3. The summed E-state index contributed by atoms with van der Waals surface area (Å²) in [6, 6.07) is 7.19. The lowest BCUT2D eigenvalue weighted by atomic mass is 9.90. The van der Waals surface area contributed by atoms with Crippen LogP contribution in [0.1, 0.15) is 57.3 Å². The number of nitrogens with one attached hydrogen (secondary N) is 1. The molecule has 1 aromatic heterocycles. The van der Waals surface area contributed by atoms with Crippen molar-refractivity contribution in [3.8, 4) is 0 Å². The molecule has 112 valence electrons. The summed E-state index contributed by atoms with van der Waals surface area (Å²) < 4.78 is 3.65. The maximum absolute atomic E-state index is 5.08. The van der Waals surface area contributed by atoms with Crippen LogP contribution in [-0.2, 0) is 5.54 Å². The van der Waals surface area contributed by atoms with Gasteiger partial charge in [0, 0.05) is 10.5 Å². The molecule has 2 heterocycles. The Hall–Kier alpha value is -0.870. The molecular weight excluding hydrogens is 326 g/mol. The lowest BCUT2D eigenvalue weighted by Gasteiger charge is -2.29. The molecule has 4 heteroatoms. The highest BCUT2D eigenvalue weighted by molar-refractivity contribution is 9.10. The third-order valence-corrected chi connectivity index (χ3v) is 5.41. The van der Waals surface area contributed by atoms with Gasteiger partial charge in [0.1, 0.15) is 5.82 Å². The van der Waals surface area contributed by atoms with E-state index in [1.54, 1.807) is 0 Å². The lowest BCUT2D eigenvalue weighted by molar-refractivity contribution is 0.322. The molecule has 4 rings (SSSR count). The first-order valence-corrected chi connectivity index (χ1v) is 8.96. The Kier molecular flexibility index (Phi) is 3.34. The van der Waals surface area contributed by atoms with Gasteiger partial charge in [0.25, 0.3) is 0 Å². The number of hydrogen-bond acceptors (Lipinski definition) is 2. The predicted octanol–water partition coefficient (Wildman–Crippen LogP) is 4.51. The summed E-state index contributed by atoms with van der Waals surface area (Å²) in [6.45, 7) is 3.40. The normalized spacial score (nSPS) is 25.8. The molecular formula is C17H22BrN3. The van der Waals surface area contributed by atoms with Crippen molar-refractivity contribution < 1.29 is 0 Å². The summed E-state index contributed by atoms with van der Waals surface area (Å²) in [4.78, 5) is 5.08. The van der Waals surface area contributed by atoms with E-state index in [0.717, 1.165) is 16.5 Å². The monoisotopic (exact) mass is 347 g/mol. The lowest BCUT2D eigenvalue weighted by Crippen LogP contribution is -2.39. The van der Waals surface area contributed by atoms with Gasteiger partial charge in [-0.05, 0) is 56.8 Å². The van der Waals surface area contributed by atoms with Crippen LogP contribution in [0.25, 0.3) is 11.0 Å². The summed E-state index contributed by atoms with van der Waals surface area (Å²) in [5.41, 5.74) is 2.54. The molecule has 1 saturated carbocycles. The van der Waals surface area contributed by atoms with E-state index in [-0.39, 0.29) is 5.54 Å². The van der Waals surface area contributed by atoms with Gasteiger partial charge in [-0.3, -0.25) is 0 Å². The van der Waals surface area contributed by atoms with E-state index in [9.17, 15) is 0 Å². The molecule has 2 aromatic rings. The van der Waals surface area contributed by atoms with E-state index >= 15 is 0 Å². The number of nitrogens with zero attached hydrogens (tertiary/aromatic N) is 2. The Bertz CT molecular complexity index is 666. The Morgan fingerprint density at radius 1 is 1.43 bits per heavy atom. The molecule has 1 N–H and O–H groups in total. The molecule has 2 aliphatic rings. The minimum atomic E-state index is 0.100. The molecule has 3 nitrogen and oxygen atoms in total. The first-order valence-electron chi connectivity index (χ1n) is 8.16. The molecule has 0 radical (unpaired) electrons. The SMILES string of the molecule is CCCC1(c2nc3cc(Br)ccc3n2C2CC2)CCCN1. The molecule has 1 atom stereocenters. The van der Waals surface area contributed by atoms with Gasteiger partial charge in [-0.25, -0.2) is 4.98 Å². The summed E-state index contributed by atoms with van der Waals surface area (Å²) in [7, 11) is 0. The molecule has 0 amide bonds. The molecule has 1 unspecified atom stereocenters. The van der Waals surface area contributed by atoms with Gasteiger partial charge in [0.15, 0.2) is 0 Å². The fourth-order valence-electron chi connectivity index (χ4n) is 3.86. The third-order valence-electron chi connectivity index (χ3n) is 4.91. The van der Waals surface area contributed by atoms with Crippen LogP contribution in [-0.4, -0.2) is 16.1 Å². The second kappa shape index (κ2) is 5.10. The molecule has 0 bridgehead atoms. The molecule has 1 aliphatic carbocycles. The summed E-state index contributed by atoms with van der Waals surface area (Å²) in [5, 5.41) is 3.79. The van der Waals surface area contributed by atoms with Gasteiger partial charge < -0.3 is 9.88 Å². The zero-order valence-corrected chi connectivity index (χ0v) is 14.1. The number of halogens is 1. The zero-order valence-electron chi connectivity index (χ0n) is 12.5. The van der Waals surface area contributed by atoms with Crippen LogP contribution in [0.5, 0.6) is 0 Å². The minimum Gasteiger partial charge on any atom is -0.323 e. The predicted molar refractivity (Wildman–Crippen MR) is 89.5 cm³/mol. The maximum atomic E-state index is 5.08. The fraction of sp³-hybridized carbons (Fsp3) is 0.588. The van der Waals surface area contributed by atoms with E-state index in [0.29, 0.717) is 6.04 Å². The zero-order chi connectivity index (χ0) is 14.4. The van der Waals surface area contributed by atoms with Crippen molar-refractivity contribution in [1.82, 2.24) is 14.9 Å². The van der Waals surface area contributed by atoms with Crippen LogP contribution in [0.2, 0.25) is 0 Å². The molecule has 2 fully saturated rings. The van der Waals surface area contributed by atoms with Gasteiger partial charge in [-0.2, -0.15) is 0 Å². The summed E-state index contributed by atoms with van der Waals surface area (Å²) in [5.74, 6) is 1.29. The van der Waals surface area contributed by atoms with Crippen molar-refractivity contribution in [3.63, 3.8) is 0 Å². The largest absolute Gasteiger partial charge is 0.323 e. The van der Waals surface area contributed by atoms with Crippen LogP contribution < -0.4 is 5.32 Å². The van der Waals surface area contributed by atoms with Crippen molar-refractivity contribution >= 4 is 27.0 Å². The van der Waals surface area contributed by atoms with Crippen molar-refractivity contribution in [2.75, 3.05) is 6.54 Å². The second-order valence-electron chi connectivity index (χ2n) is 6.53. The average Bonchev–Trinajstić information content (AvgIpc) is 3.07. The van der Waals surface area contributed by atoms with Crippen molar-refractivity contribution in [2.24, 2.45) is 0 Å². The highest BCUT2D eigenvalue weighted by atomic mass is 79.9. The number of imidazole rings is 1. The van der Waals surface area contributed by atoms with E-state index in [4.69, 9.17) is 4.98 Å². The smallest absolute Gasteiger partial charge is 0.130 e. The first-order chi connectivity index (χ1) is 10.2. The number of hydrogen-bond donors (Lipinski definition) is 1. The van der Waals surface area contributed by atoms with E-state index in [2.05, 4.69) is 50.9 Å². The highest BCUT2D eigenvalue weighted by Gasteiger charge is 2.41. The van der Waals surface area contributed by atoms with Gasteiger partial charge in [0.05, 0.1) is 16.6 Å². The van der Waals surface area contributed by atoms with Crippen LogP contribution in [0.3, 0.4) is 0 Å². The molecule has 1 aromatic carbocycles. The number of fused-ring (bicyclic) bond motifs is 1. The van der Waals surface area contributed by atoms with Gasteiger partial charge >= 0.3 is 0 Å². The van der Waals surface area contributed by atoms with Crippen molar-refractivity contribution in [1.29, 1.82) is 0 Å². The van der Waals surface area contributed by atoms with Crippen molar-refractivity contribution in [3.05, 3.63) is 28.5 Å². The first kappa shape index (κ1) is 13.8. The van der Waals surface area contributed by atoms with E-state index < -0.39 is 0 Å². The number of benzene rings is 1. The fourth-order valence-corrected chi connectivity index (χ4v) is 4.21. The Morgan fingerprint density at radius 3 is 2.95 bits per heavy atom. The van der Waals surface area contributed by atoms with E-state index in [1.807, 2.05) is 0 Å². The Balaban J connectivity index is 1.92. The summed E-state index contributed by atoms with van der Waals surface area (Å²) in [6.07, 6.45) is 7.47. The highest BCUT2D eigenvalue weighted by Crippen LogP contribution is 2.44. The van der Waals surface area contributed by atoms with Gasteiger partial charge in [-0.1, -0.05) is 29.3 Å². The van der Waals surface area contributed by atoms with Gasteiger partial charge in [-0.15, -0.1) is 0 Å². The maximum Gasteiger partial charge on any atom is 0.130 e. The van der Waals surface area contributed by atoms with Crippen LogP contribution in [0.15, 0.2) is 22.7 Å². The van der Waals surface area contributed by atoms with Gasteiger partial charge in [0.2, 0.25) is 0 Å². The summed E-state index contributed by atoms with van der Waals surface area (Å²) >= 11 is 3.58. The minimum absolute atomic E-state index is 0.100. The topological polar surface area (TPSA) is 29.9 Å². The Morgan fingerprint density at radius 2 is 2.29 bits per heavy atom. The number of rotatable bonds is 4. The molecule has 1 aliphatic heterocycles. The van der Waals surface area contributed by atoms with Crippen LogP contribution in [0.4, 0.5) is 0 Å².